The number of hydrogen-bond donors (Lipinski definition) is 2. The van der Waals surface area contributed by atoms with E-state index in [1.54, 1.807) is 41.5 Å². The molecule has 1 rings (SSSR count). The number of carbonyl (C=O) groups excluding carboxylic acids is 1. The van der Waals surface area contributed by atoms with Crippen molar-refractivity contribution < 1.29 is 28.7 Å². The molecule has 1 amide bonds. The van der Waals surface area contributed by atoms with Crippen LogP contribution in [0.1, 0.15) is 54.0 Å². The predicted molar refractivity (Wildman–Crippen MR) is 99.9 cm³/mol. The molecule has 8 nitrogen and oxygen atoms in total. The second kappa shape index (κ2) is 7.37. The van der Waals surface area contributed by atoms with Crippen LogP contribution in [0.4, 0.5) is 9.18 Å². The Balaban J connectivity index is 3.90. The van der Waals surface area contributed by atoms with E-state index in [2.05, 4.69) is 5.32 Å². The fraction of sp³-hybridized carbons (Fsp3) is 0.579. The molecule has 0 bridgehead atoms. The molecule has 0 saturated heterocycles. The maximum absolute atomic E-state index is 13.5. The zero-order valence-corrected chi connectivity index (χ0v) is 17.1. The van der Waals surface area contributed by atoms with E-state index in [4.69, 9.17) is 4.74 Å². The maximum atomic E-state index is 13.5. The molecular weight excluding hydrogens is 371 g/mol. The summed E-state index contributed by atoms with van der Waals surface area (Å²) in [5.74, 6) is -2.37. The van der Waals surface area contributed by atoms with Gasteiger partial charge >= 0.3 is 17.6 Å². The van der Waals surface area contributed by atoms with Gasteiger partial charge in [-0.3, -0.25) is 10.1 Å². The van der Waals surface area contributed by atoms with E-state index in [-0.39, 0.29) is 5.56 Å². The number of carboxylic acid groups (broad SMARTS) is 1. The summed E-state index contributed by atoms with van der Waals surface area (Å²) < 4.78 is 18.8. The summed E-state index contributed by atoms with van der Waals surface area (Å²) >= 11 is 0. The van der Waals surface area contributed by atoms with Gasteiger partial charge in [-0.1, -0.05) is 32.9 Å². The molecule has 156 valence electrons. The fourth-order valence-electron chi connectivity index (χ4n) is 3.36. The Hall–Kier alpha value is -2.71. The smallest absolute Gasteiger partial charge is 0.408 e. The topological polar surface area (TPSA) is 119 Å². The lowest BCUT2D eigenvalue weighted by Crippen LogP contribution is -2.72. The van der Waals surface area contributed by atoms with Crippen molar-refractivity contribution >= 4 is 12.1 Å². The van der Waals surface area contributed by atoms with Crippen LogP contribution < -0.4 is 5.32 Å². The van der Waals surface area contributed by atoms with Crippen molar-refractivity contribution in [3.05, 3.63) is 45.8 Å². The standard InChI is InChI=1S/C19H27FN2O6/c1-16(2,3)19(12-8-10-13(20)11-9-12,18(7,14(23)24)22(26)27)21-15(25)28-17(4,5)6/h8-11H,1-7H3,(H,21,25)(H,23,24)/t18-,19-/m0/s1. The first-order valence-electron chi connectivity index (χ1n) is 8.64. The Labute approximate surface area is 163 Å². The first kappa shape index (κ1) is 23.3. The van der Waals surface area contributed by atoms with E-state index < -0.39 is 44.9 Å². The van der Waals surface area contributed by atoms with Gasteiger partial charge in [-0.25, -0.2) is 14.0 Å². The minimum Gasteiger partial charge on any atom is -0.476 e. The molecule has 0 aliphatic heterocycles. The third-order valence-corrected chi connectivity index (χ3v) is 4.60. The van der Waals surface area contributed by atoms with Crippen LogP contribution >= 0.6 is 0 Å². The van der Waals surface area contributed by atoms with Gasteiger partial charge < -0.3 is 15.2 Å². The Morgan fingerprint density at radius 3 is 1.86 bits per heavy atom. The highest BCUT2D eigenvalue weighted by atomic mass is 19.1. The van der Waals surface area contributed by atoms with Gasteiger partial charge in [0, 0.05) is 11.8 Å². The van der Waals surface area contributed by atoms with Crippen LogP contribution in [0.15, 0.2) is 24.3 Å². The number of nitro groups is 1. The number of nitrogens with zero attached hydrogens (tertiary/aromatic N) is 1. The van der Waals surface area contributed by atoms with Crippen LogP contribution in [0.2, 0.25) is 0 Å². The van der Waals surface area contributed by atoms with Crippen LogP contribution in [0.25, 0.3) is 0 Å². The lowest BCUT2D eigenvalue weighted by molar-refractivity contribution is -0.570. The summed E-state index contributed by atoms with van der Waals surface area (Å²) in [6.45, 7) is 10.4. The molecule has 9 heteroatoms. The molecule has 0 aliphatic rings. The van der Waals surface area contributed by atoms with Gasteiger partial charge in [-0.2, -0.15) is 0 Å². The van der Waals surface area contributed by atoms with Gasteiger partial charge in [0.1, 0.15) is 11.4 Å². The second-order valence-corrected chi connectivity index (χ2v) is 8.77. The van der Waals surface area contributed by atoms with E-state index in [1.165, 1.54) is 12.1 Å². The lowest BCUT2D eigenvalue weighted by atomic mass is 9.59. The van der Waals surface area contributed by atoms with E-state index in [1.807, 2.05) is 0 Å². The molecule has 0 radical (unpaired) electrons. The fourth-order valence-corrected chi connectivity index (χ4v) is 3.36. The number of nitrogens with one attached hydrogen (secondary N) is 1. The van der Waals surface area contributed by atoms with Crippen molar-refractivity contribution in [1.29, 1.82) is 0 Å². The minimum atomic E-state index is -2.69. The van der Waals surface area contributed by atoms with Crippen molar-refractivity contribution in [2.45, 2.75) is 65.1 Å². The molecule has 1 aromatic carbocycles. The highest BCUT2D eigenvalue weighted by molar-refractivity contribution is 5.82. The molecule has 2 N–H and O–H groups in total. The zero-order valence-electron chi connectivity index (χ0n) is 17.1. The highest BCUT2D eigenvalue weighted by Crippen LogP contribution is 2.49. The number of amides is 1. The SMILES string of the molecule is CC(C)(C)OC(=O)N[C@@](c1ccc(F)cc1)(C(C)(C)C)[C@](C)(C(=O)O)[N+](=O)[O-]. The Morgan fingerprint density at radius 1 is 1.07 bits per heavy atom. The van der Waals surface area contributed by atoms with Crippen molar-refractivity contribution in [3.8, 4) is 0 Å². The van der Waals surface area contributed by atoms with Crippen LogP contribution in [0.5, 0.6) is 0 Å². The highest BCUT2D eigenvalue weighted by Gasteiger charge is 2.70. The number of rotatable bonds is 5. The van der Waals surface area contributed by atoms with Crippen LogP contribution in [0, 0.1) is 21.3 Å². The number of hydrogen-bond acceptors (Lipinski definition) is 5. The van der Waals surface area contributed by atoms with Gasteiger partial charge in [-0.15, -0.1) is 0 Å². The normalized spacial score (nSPS) is 16.4. The monoisotopic (exact) mass is 398 g/mol. The van der Waals surface area contributed by atoms with E-state index in [0.29, 0.717) is 0 Å². The summed E-state index contributed by atoms with van der Waals surface area (Å²) in [6, 6.07) is 4.55. The Bertz CT molecular complexity index is 750. The maximum Gasteiger partial charge on any atom is 0.408 e. The van der Waals surface area contributed by atoms with Gasteiger partial charge in [0.05, 0.1) is 0 Å². The Kier molecular flexibility index (Phi) is 6.14. The molecule has 1 aromatic rings. The molecular formula is C19H27FN2O6. The van der Waals surface area contributed by atoms with E-state index >= 15 is 0 Å². The van der Waals surface area contributed by atoms with Crippen molar-refractivity contribution in [2.24, 2.45) is 5.41 Å². The molecule has 0 saturated carbocycles. The number of halogens is 1. The number of alkyl carbamates (subject to hydrolysis) is 1. The average molecular weight is 398 g/mol. The van der Waals surface area contributed by atoms with E-state index in [0.717, 1.165) is 19.1 Å². The zero-order chi connectivity index (χ0) is 22.1. The van der Waals surface area contributed by atoms with Gasteiger partial charge in [0.25, 0.3) is 0 Å². The van der Waals surface area contributed by atoms with Crippen molar-refractivity contribution in [1.82, 2.24) is 5.32 Å². The lowest BCUT2D eigenvalue weighted by Gasteiger charge is -2.49. The van der Waals surface area contributed by atoms with Crippen LogP contribution in [0.3, 0.4) is 0 Å². The molecule has 0 fully saturated rings. The first-order chi connectivity index (χ1) is 12.5. The Morgan fingerprint density at radius 2 is 1.54 bits per heavy atom. The van der Waals surface area contributed by atoms with Crippen molar-refractivity contribution in [2.75, 3.05) is 0 Å². The molecule has 0 unspecified atom stereocenters. The summed E-state index contributed by atoms with van der Waals surface area (Å²) in [6.07, 6.45) is -1.03. The van der Waals surface area contributed by atoms with Crippen molar-refractivity contribution in [3.63, 3.8) is 0 Å². The summed E-state index contributed by atoms with van der Waals surface area (Å²) in [7, 11) is 0. The van der Waals surface area contributed by atoms with Crippen LogP contribution in [-0.4, -0.2) is 33.2 Å². The van der Waals surface area contributed by atoms with E-state index in [9.17, 15) is 29.2 Å². The third kappa shape index (κ3) is 4.07. The molecule has 2 atom stereocenters. The van der Waals surface area contributed by atoms with Gasteiger partial charge in [0.2, 0.25) is 0 Å². The number of carbonyl (C=O) groups is 2. The van der Waals surface area contributed by atoms with Gasteiger partial charge in [-0.05, 0) is 43.9 Å². The molecule has 0 aliphatic carbocycles. The quantitative estimate of drug-likeness (QED) is 0.576. The molecule has 28 heavy (non-hydrogen) atoms. The van der Waals surface area contributed by atoms with Gasteiger partial charge in [0.15, 0.2) is 5.54 Å². The summed E-state index contributed by atoms with van der Waals surface area (Å²) in [4.78, 5) is 35.8. The second-order valence-electron chi connectivity index (χ2n) is 8.77. The van der Waals surface area contributed by atoms with Crippen LogP contribution in [-0.2, 0) is 15.1 Å². The molecule has 0 heterocycles. The summed E-state index contributed by atoms with van der Waals surface area (Å²) in [5, 5.41) is 24.3. The number of carboxylic acids is 1. The predicted octanol–water partition coefficient (Wildman–Crippen LogP) is 3.71. The molecule has 0 spiro atoms. The largest absolute Gasteiger partial charge is 0.476 e. The third-order valence-electron chi connectivity index (χ3n) is 4.60. The first-order valence-corrected chi connectivity index (χ1v) is 8.64. The number of benzene rings is 1. The average Bonchev–Trinajstić information content (AvgIpc) is 2.49. The number of ether oxygens (including phenoxy) is 1. The minimum absolute atomic E-state index is 0.0638. The summed E-state index contributed by atoms with van der Waals surface area (Å²) in [5.41, 5.74) is -6.83. The number of aliphatic carboxylic acids is 1. The molecule has 0 aromatic heterocycles.